The van der Waals surface area contributed by atoms with E-state index in [2.05, 4.69) is 24.9 Å². The molecule has 2 aliphatic rings. The Balaban J connectivity index is 1.78. The molecular formula is C20H21FN2O2. The Morgan fingerprint density at radius 1 is 1.24 bits per heavy atom. The van der Waals surface area contributed by atoms with E-state index in [1.807, 2.05) is 17.0 Å². The molecule has 0 aliphatic carbocycles. The monoisotopic (exact) mass is 340 g/mol. The molecule has 1 amide bonds. The van der Waals surface area contributed by atoms with Crippen molar-refractivity contribution in [2.45, 2.75) is 25.3 Å². The lowest BCUT2D eigenvalue weighted by atomic mass is 9.88. The van der Waals surface area contributed by atoms with Crippen molar-refractivity contribution in [1.29, 1.82) is 0 Å². The summed E-state index contributed by atoms with van der Waals surface area (Å²) in [5, 5.41) is 9.39. The van der Waals surface area contributed by atoms with E-state index in [9.17, 15) is 14.3 Å². The molecule has 2 aromatic carbocycles. The molecule has 1 fully saturated rings. The molecule has 2 atom stereocenters. The lowest BCUT2D eigenvalue weighted by Gasteiger charge is -2.36. The number of nitrogens with zero attached hydrogens (tertiary/aromatic N) is 2. The molecule has 2 aliphatic heterocycles. The number of hydrogen-bond acceptors (Lipinski definition) is 3. The first-order valence-electron chi connectivity index (χ1n) is 8.57. The molecule has 2 heterocycles. The summed E-state index contributed by atoms with van der Waals surface area (Å²) in [5.74, 6) is -1.14. The number of phenolic OH excluding ortho intramolecular Hbond substituents is 1. The average Bonchev–Trinajstić information content (AvgIpc) is 2.89. The first-order chi connectivity index (χ1) is 12.0. The van der Waals surface area contributed by atoms with E-state index in [0.29, 0.717) is 0 Å². The van der Waals surface area contributed by atoms with Gasteiger partial charge in [-0.3, -0.25) is 4.79 Å². The average molecular weight is 340 g/mol. The van der Waals surface area contributed by atoms with Gasteiger partial charge in [0, 0.05) is 29.8 Å². The van der Waals surface area contributed by atoms with Crippen LogP contribution < -0.4 is 4.90 Å². The maximum atomic E-state index is 13.7. The van der Waals surface area contributed by atoms with Crippen molar-refractivity contribution in [2.24, 2.45) is 0 Å². The van der Waals surface area contributed by atoms with Gasteiger partial charge >= 0.3 is 0 Å². The molecule has 0 saturated carbocycles. The SMILES string of the molecule is Cc1ccc2c(c1)[C@@H]1CN(C)CC[C@@H]1N2C(=O)c1ccc(O)c(F)c1. The molecule has 0 spiro atoms. The summed E-state index contributed by atoms with van der Waals surface area (Å²) in [6.07, 6.45) is 0.890. The summed E-state index contributed by atoms with van der Waals surface area (Å²) in [6.45, 7) is 3.90. The van der Waals surface area contributed by atoms with E-state index in [0.717, 1.165) is 31.3 Å². The fourth-order valence-electron chi connectivity index (χ4n) is 4.13. The summed E-state index contributed by atoms with van der Waals surface area (Å²) in [4.78, 5) is 17.3. The largest absolute Gasteiger partial charge is 0.505 e. The Hall–Kier alpha value is -2.40. The van der Waals surface area contributed by atoms with E-state index >= 15 is 0 Å². The molecule has 0 bridgehead atoms. The zero-order chi connectivity index (χ0) is 17.7. The molecule has 2 aromatic rings. The lowest BCUT2D eigenvalue weighted by molar-refractivity contribution is 0.0964. The van der Waals surface area contributed by atoms with Gasteiger partial charge in [-0.25, -0.2) is 4.39 Å². The van der Waals surface area contributed by atoms with Gasteiger partial charge in [-0.1, -0.05) is 17.7 Å². The summed E-state index contributed by atoms with van der Waals surface area (Å²) < 4.78 is 13.7. The summed E-state index contributed by atoms with van der Waals surface area (Å²) >= 11 is 0. The molecule has 0 radical (unpaired) electrons. The Bertz CT molecular complexity index is 852. The number of likely N-dealkylation sites (N-methyl/N-ethyl adjacent to an activating group) is 1. The number of phenols is 1. The van der Waals surface area contributed by atoms with E-state index < -0.39 is 11.6 Å². The molecular weight excluding hydrogens is 319 g/mol. The zero-order valence-electron chi connectivity index (χ0n) is 14.4. The Labute approximate surface area is 146 Å². The molecule has 0 unspecified atom stereocenters. The molecule has 1 N–H and O–H groups in total. The van der Waals surface area contributed by atoms with Crippen LogP contribution in [0.3, 0.4) is 0 Å². The molecule has 130 valence electrons. The number of piperidine rings is 1. The minimum Gasteiger partial charge on any atom is -0.505 e. The van der Waals surface area contributed by atoms with Crippen LogP contribution in [0.25, 0.3) is 0 Å². The predicted octanol–water partition coefficient (Wildman–Crippen LogP) is 3.29. The Morgan fingerprint density at radius 2 is 2.04 bits per heavy atom. The van der Waals surface area contributed by atoms with Crippen LogP contribution in [0.4, 0.5) is 10.1 Å². The van der Waals surface area contributed by atoms with Crippen LogP contribution in [0.2, 0.25) is 0 Å². The van der Waals surface area contributed by atoms with Crippen LogP contribution in [0.15, 0.2) is 36.4 Å². The van der Waals surface area contributed by atoms with Gasteiger partial charge in [-0.05, 0) is 56.8 Å². The number of carbonyl (C=O) groups is 1. The van der Waals surface area contributed by atoms with E-state index in [4.69, 9.17) is 0 Å². The predicted molar refractivity (Wildman–Crippen MR) is 94.7 cm³/mol. The minimum atomic E-state index is -0.769. The molecule has 1 saturated heterocycles. The van der Waals surface area contributed by atoms with Crippen molar-refractivity contribution >= 4 is 11.6 Å². The van der Waals surface area contributed by atoms with Gasteiger partial charge in [0.15, 0.2) is 11.6 Å². The number of halogens is 1. The fourth-order valence-corrected chi connectivity index (χ4v) is 4.13. The number of likely N-dealkylation sites (tertiary alicyclic amines) is 1. The van der Waals surface area contributed by atoms with Crippen LogP contribution in [-0.2, 0) is 0 Å². The first-order valence-corrected chi connectivity index (χ1v) is 8.57. The molecule has 0 aromatic heterocycles. The van der Waals surface area contributed by atoms with Gasteiger partial charge in [0.05, 0.1) is 0 Å². The second-order valence-corrected chi connectivity index (χ2v) is 7.13. The smallest absolute Gasteiger partial charge is 0.258 e. The number of benzene rings is 2. The topological polar surface area (TPSA) is 43.8 Å². The number of rotatable bonds is 1. The van der Waals surface area contributed by atoms with Crippen LogP contribution in [-0.4, -0.2) is 42.1 Å². The van der Waals surface area contributed by atoms with Gasteiger partial charge in [-0.2, -0.15) is 0 Å². The highest BCUT2D eigenvalue weighted by atomic mass is 19.1. The van der Waals surface area contributed by atoms with Gasteiger partial charge in [0.25, 0.3) is 5.91 Å². The second kappa shape index (κ2) is 5.85. The van der Waals surface area contributed by atoms with Crippen molar-refractivity contribution in [3.8, 4) is 5.75 Å². The van der Waals surface area contributed by atoms with Crippen molar-refractivity contribution < 1.29 is 14.3 Å². The molecule has 4 rings (SSSR count). The first kappa shape index (κ1) is 16.1. The Morgan fingerprint density at radius 3 is 2.80 bits per heavy atom. The van der Waals surface area contributed by atoms with E-state index in [1.54, 1.807) is 0 Å². The number of aromatic hydroxyl groups is 1. The third-order valence-electron chi connectivity index (χ3n) is 5.37. The fraction of sp³-hybridized carbons (Fsp3) is 0.350. The van der Waals surface area contributed by atoms with Gasteiger partial charge in [0.2, 0.25) is 0 Å². The van der Waals surface area contributed by atoms with Gasteiger partial charge in [0.1, 0.15) is 0 Å². The van der Waals surface area contributed by atoms with Crippen LogP contribution in [0.1, 0.15) is 33.8 Å². The summed E-state index contributed by atoms with van der Waals surface area (Å²) in [5.41, 5.74) is 3.57. The standard InChI is InChI=1S/C20H21FN2O2/c1-12-3-5-17-14(9-12)15-11-22(2)8-7-18(15)23(17)20(25)13-4-6-19(24)16(21)10-13/h3-6,9-10,15,18,24H,7-8,11H2,1-2H3/t15-,18-/m0/s1. The van der Waals surface area contributed by atoms with Crippen LogP contribution in [0.5, 0.6) is 5.75 Å². The number of carbonyl (C=O) groups excluding carboxylic acids is 1. The quantitative estimate of drug-likeness (QED) is 0.866. The zero-order valence-corrected chi connectivity index (χ0v) is 14.4. The van der Waals surface area contributed by atoms with E-state index in [1.165, 1.54) is 23.3 Å². The summed E-state index contributed by atoms with van der Waals surface area (Å²) in [7, 11) is 2.10. The molecule has 4 nitrogen and oxygen atoms in total. The van der Waals surface area contributed by atoms with Crippen molar-refractivity contribution in [3.05, 3.63) is 58.9 Å². The third kappa shape index (κ3) is 2.59. The highest BCUT2D eigenvalue weighted by Gasteiger charge is 2.44. The molecule has 25 heavy (non-hydrogen) atoms. The maximum absolute atomic E-state index is 13.7. The number of fused-ring (bicyclic) bond motifs is 3. The van der Waals surface area contributed by atoms with Gasteiger partial charge < -0.3 is 14.9 Å². The second-order valence-electron chi connectivity index (χ2n) is 7.13. The highest BCUT2D eigenvalue weighted by molar-refractivity contribution is 6.08. The van der Waals surface area contributed by atoms with Crippen molar-refractivity contribution in [1.82, 2.24) is 4.90 Å². The normalized spacial score (nSPS) is 22.6. The van der Waals surface area contributed by atoms with Gasteiger partial charge in [-0.15, -0.1) is 0 Å². The van der Waals surface area contributed by atoms with Crippen molar-refractivity contribution in [2.75, 3.05) is 25.0 Å². The van der Waals surface area contributed by atoms with Crippen LogP contribution in [0, 0.1) is 12.7 Å². The third-order valence-corrected chi connectivity index (χ3v) is 5.37. The van der Waals surface area contributed by atoms with E-state index in [-0.39, 0.29) is 23.4 Å². The lowest BCUT2D eigenvalue weighted by Crippen LogP contribution is -2.47. The Kier molecular flexibility index (Phi) is 3.76. The minimum absolute atomic E-state index is 0.0948. The number of hydrogen-bond donors (Lipinski definition) is 1. The number of anilines is 1. The number of aryl methyl sites for hydroxylation is 1. The number of amides is 1. The highest BCUT2D eigenvalue weighted by Crippen LogP contribution is 2.45. The summed E-state index contributed by atoms with van der Waals surface area (Å²) in [6, 6.07) is 10.1. The maximum Gasteiger partial charge on any atom is 0.258 e. The molecule has 5 heteroatoms. The van der Waals surface area contributed by atoms with Crippen molar-refractivity contribution in [3.63, 3.8) is 0 Å². The van der Waals surface area contributed by atoms with Crippen LogP contribution >= 0.6 is 0 Å².